The largest absolute Gasteiger partial charge is 0.507 e. The van der Waals surface area contributed by atoms with Crippen LogP contribution in [0, 0.1) is 0 Å². The first-order chi connectivity index (χ1) is 9.19. The van der Waals surface area contributed by atoms with Crippen molar-refractivity contribution < 1.29 is 9.90 Å². The predicted molar refractivity (Wildman–Crippen MR) is 84.7 cm³/mol. The summed E-state index contributed by atoms with van der Waals surface area (Å²) in [5.74, 6) is 0.362. The second-order valence-corrected chi connectivity index (χ2v) is 6.95. The number of aldehydes is 1. The van der Waals surface area contributed by atoms with E-state index < -0.39 is 0 Å². The van der Waals surface area contributed by atoms with Crippen LogP contribution >= 0.6 is 0 Å². The summed E-state index contributed by atoms with van der Waals surface area (Å²) in [4.78, 5) is 11.2. The van der Waals surface area contributed by atoms with Crippen molar-refractivity contribution in [1.29, 1.82) is 0 Å². The van der Waals surface area contributed by atoms with Crippen molar-refractivity contribution in [2.75, 3.05) is 0 Å². The minimum Gasteiger partial charge on any atom is -0.507 e. The van der Waals surface area contributed by atoms with Crippen LogP contribution in [-0.4, -0.2) is 11.4 Å². The quantitative estimate of drug-likeness (QED) is 0.745. The number of rotatable bonds is 6. The van der Waals surface area contributed by atoms with E-state index in [1.165, 1.54) is 0 Å². The van der Waals surface area contributed by atoms with E-state index in [4.69, 9.17) is 0 Å². The molecule has 112 valence electrons. The van der Waals surface area contributed by atoms with Crippen molar-refractivity contribution in [3.8, 4) is 5.75 Å². The molecular formula is C18H28O2. The average molecular weight is 276 g/mol. The molecule has 0 radical (unpaired) electrons. The van der Waals surface area contributed by atoms with Gasteiger partial charge in [-0.3, -0.25) is 4.79 Å². The molecule has 20 heavy (non-hydrogen) atoms. The van der Waals surface area contributed by atoms with E-state index in [0.717, 1.165) is 36.7 Å². The van der Waals surface area contributed by atoms with Gasteiger partial charge in [-0.25, -0.2) is 0 Å². The Bertz CT molecular complexity index is 484. The Hall–Kier alpha value is -1.31. The van der Waals surface area contributed by atoms with Crippen molar-refractivity contribution >= 4 is 6.29 Å². The van der Waals surface area contributed by atoms with Crippen LogP contribution in [0.1, 0.15) is 82.3 Å². The van der Waals surface area contributed by atoms with Crippen LogP contribution in [0.4, 0.5) is 0 Å². The third-order valence-electron chi connectivity index (χ3n) is 4.49. The second-order valence-electron chi connectivity index (χ2n) is 6.95. The summed E-state index contributed by atoms with van der Waals surface area (Å²) in [6.07, 6.45) is 3.82. The predicted octanol–water partition coefficient (Wildman–Crippen LogP) is 4.97. The van der Waals surface area contributed by atoms with Gasteiger partial charge in [0.15, 0.2) is 0 Å². The molecular weight excluding hydrogens is 248 g/mol. The first-order valence-electron chi connectivity index (χ1n) is 7.52. The zero-order valence-electron chi connectivity index (χ0n) is 13.7. The van der Waals surface area contributed by atoms with E-state index in [1.54, 1.807) is 0 Å². The van der Waals surface area contributed by atoms with Gasteiger partial charge in [-0.1, -0.05) is 48.0 Å². The van der Waals surface area contributed by atoms with Gasteiger partial charge in [0.25, 0.3) is 0 Å². The van der Waals surface area contributed by atoms with Crippen LogP contribution in [0.5, 0.6) is 5.75 Å². The first-order valence-corrected chi connectivity index (χ1v) is 7.52. The van der Waals surface area contributed by atoms with Crippen LogP contribution in [0.3, 0.4) is 0 Å². The summed E-state index contributed by atoms with van der Waals surface area (Å²) in [6.45, 7) is 12.7. The van der Waals surface area contributed by atoms with Gasteiger partial charge in [-0.15, -0.1) is 0 Å². The highest BCUT2D eigenvalue weighted by Gasteiger charge is 2.30. The van der Waals surface area contributed by atoms with E-state index >= 15 is 0 Å². The Labute approximate surface area is 123 Å². The maximum Gasteiger partial charge on any atom is 0.150 e. The topological polar surface area (TPSA) is 37.3 Å². The van der Waals surface area contributed by atoms with Crippen molar-refractivity contribution in [3.05, 3.63) is 28.8 Å². The summed E-state index contributed by atoms with van der Waals surface area (Å²) in [6, 6.07) is 3.67. The van der Waals surface area contributed by atoms with E-state index in [9.17, 15) is 9.90 Å². The summed E-state index contributed by atoms with van der Waals surface area (Å²) < 4.78 is 0. The molecule has 0 fully saturated rings. The zero-order chi connectivity index (χ0) is 15.6. The van der Waals surface area contributed by atoms with Crippen molar-refractivity contribution in [2.45, 2.75) is 71.6 Å². The van der Waals surface area contributed by atoms with Gasteiger partial charge in [0, 0.05) is 16.7 Å². The number of hydrogen-bond acceptors (Lipinski definition) is 2. The lowest BCUT2D eigenvalue weighted by molar-refractivity contribution is 0.112. The number of phenols is 1. The summed E-state index contributed by atoms with van der Waals surface area (Å²) >= 11 is 0. The van der Waals surface area contributed by atoms with E-state index in [2.05, 4.69) is 41.5 Å². The standard InChI is InChI=1S/C18H28O2/c1-7-9-18(5,6)15-11-13(12-19)10-14(16(15)20)17(3,4)8-2/h10-12,20H,7-9H2,1-6H3. The molecule has 0 aliphatic heterocycles. The van der Waals surface area contributed by atoms with Crippen LogP contribution in [0.25, 0.3) is 0 Å². The van der Waals surface area contributed by atoms with Gasteiger partial charge in [-0.05, 0) is 35.8 Å². The number of phenolic OH excluding ortho intramolecular Hbond substituents is 1. The van der Waals surface area contributed by atoms with Crippen LogP contribution in [0.2, 0.25) is 0 Å². The van der Waals surface area contributed by atoms with Gasteiger partial charge >= 0.3 is 0 Å². The molecule has 1 N–H and O–H groups in total. The maximum atomic E-state index is 11.2. The zero-order valence-corrected chi connectivity index (χ0v) is 13.7. The highest BCUT2D eigenvalue weighted by molar-refractivity contribution is 5.77. The lowest BCUT2D eigenvalue weighted by Gasteiger charge is -2.31. The fraction of sp³-hybridized carbons (Fsp3) is 0.611. The Balaban J connectivity index is 3.54. The van der Waals surface area contributed by atoms with Crippen LogP contribution in [0.15, 0.2) is 12.1 Å². The van der Waals surface area contributed by atoms with E-state index in [1.807, 2.05) is 12.1 Å². The second kappa shape index (κ2) is 5.99. The third kappa shape index (κ3) is 3.23. The van der Waals surface area contributed by atoms with E-state index in [-0.39, 0.29) is 10.8 Å². The number of carbonyl (C=O) groups is 1. The van der Waals surface area contributed by atoms with Gasteiger partial charge in [0.05, 0.1) is 0 Å². The minimum absolute atomic E-state index is 0.129. The molecule has 0 saturated heterocycles. The average Bonchev–Trinajstić information content (AvgIpc) is 2.38. The number of hydrogen-bond donors (Lipinski definition) is 1. The van der Waals surface area contributed by atoms with Gasteiger partial charge in [0.1, 0.15) is 12.0 Å². The number of aromatic hydroxyl groups is 1. The lowest BCUT2D eigenvalue weighted by atomic mass is 9.74. The van der Waals surface area contributed by atoms with Gasteiger partial charge in [-0.2, -0.15) is 0 Å². The Morgan fingerprint density at radius 2 is 1.55 bits per heavy atom. The highest BCUT2D eigenvalue weighted by atomic mass is 16.3. The summed E-state index contributed by atoms with van der Waals surface area (Å²) in [5, 5.41) is 10.7. The Morgan fingerprint density at radius 3 is 1.95 bits per heavy atom. The van der Waals surface area contributed by atoms with Crippen molar-refractivity contribution in [1.82, 2.24) is 0 Å². The SMILES string of the molecule is CCCC(C)(C)c1cc(C=O)cc(C(C)(C)CC)c1O. The minimum atomic E-state index is -0.139. The molecule has 0 bridgehead atoms. The Kier molecular flexibility index (Phi) is 5.01. The van der Waals surface area contributed by atoms with Gasteiger partial charge in [0.2, 0.25) is 0 Å². The van der Waals surface area contributed by atoms with Crippen LogP contribution in [-0.2, 0) is 10.8 Å². The number of benzene rings is 1. The molecule has 0 atom stereocenters. The highest BCUT2D eigenvalue weighted by Crippen LogP contribution is 2.42. The molecule has 0 aliphatic carbocycles. The number of carbonyl (C=O) groups excluding carboxylic acids is 1. The molecule has 0 saturated carbocycles. The molecule has 1 aromatic rings. The van der Waals surface area contributed by atoms with E-state index in [0.29, 0.717) is 11.3 Å². The molecule has 0 heterocycles. The molecule has 1 aromatic carbocycles. The molecule has 0 spiro atoms. The Morgan fingerprint density at radius 1 is 1.05 bits per heavy atom. The molecule has 0 aromatic heterocycles. The molecule has 0 amide bonds. The maximum absolute atomic E-state index is 11.2. The molecule has 2 nitrogen and oxygen atoms in total. The molecule has 1 rings (SSSR count). The fourth-order valence-electron chi connectivity index (χ4n) is 2.71. The molecule has 0 aliphatic rings. The normalized spacial score (nSPS) is 12.5. The van der Waals surface area contributed by atoms with Gasteiger partial charge < -0.3 is 5.11 Å². The smallest absolute Gasteiger partial charge is 0.150 e. The molecule has 2 heteroatoms. The fourth-order valence-corrected chi connectivity index (χ4v) is 2.71. The first kappa shape index (κ1) is 16.7. The summed E-state index contributed by atoms with van der Waals surface area (Å²) in [7, 11) is 0. The van der Waals surface area contributed by atoms with Crippen molar-refractivity contribution in [2.24, 2.45) is 0 Å². The molecule has 0 unspecified atom stereocenters. The van der Waals surface area contributed by atoms with Crippen LogP contribution < -0.4 is 0 Å². The lowest BCUT2D eigenvalue weighted by Crippen LogP contribution is -2.21. The third-order valence-corrected chi connectivity index (χ3v) is 4.49. The van der Waals surface area contributed by atoms with Crippen molar-refractivity contribution in [3.63, 3.8) is 0 Å². The monoisotopic (exact) mass is 276 g/mol. The summed E-state index contributed by atoms with van der Waals surface area (Å²) in [5.41, 5.74) is 2.15.